The Morgan fingerprint density at radius 3 is 2.75 bits per heavy atom. The van der Waals surface area contributed by atoms with E-state index in [0.29, 0.717) is 12.3 Å². The molecule has 0 bridgehead atoms. The van der Waals surface area contributed by atoms with Crippen LogP contribution in [0.5, 0.6) is 0 Å². The quantitative estimate of drug-likeness (QED) is 0.196. The van der Waals surface area contributed by atoms with E-state index in [-0.39, 0.29) is 5.91 Å². The third-order valence-electron chi connectivity index (χ3n) is 7.91. The Kier molecular flexibility index (Phi) is 6.40. The van der Waals surface area contributed by atoms with E-state index >= 15 is 0 Å². The predicted octanol–water partition coefficient (Wildman–Crippen LogP) is 8.11. The van der Waals surface area contributed by atoms with Gasteiger partial charge in [0.05, 0.1) is 23.1 Å². The average Bonchev–Trinajstić information content (AvgIpc) is 3.71. The summed E-state index contributed by atoms with van der Waals surface area (Å²) >= 11 is 1.78. The number of pyridine rings is 2. The lowest BCUT2D eigenvalue weighted by Gasteiger charge is -2.20. The Labute approximate surface area is 236 Å². The van der Waals surface area contributed by atoms with Crippen molar-refractivity contribution in [1.29, 1.82) is 0 Å². The molecule has 7 rings (SSSR count). The lowest BCUT2D eigenvalue weighted by atomic mass is 9.87. The third kappa shape index (κ3) is 4.79. The van der Waals surface area contributed by atoms with Crippen molar-refractivity contribution < 1.29 is 4.79 Å². The molecule has 0 spiro atoms. The largest absolute Gasteiger partial charge is 0.338 e. The van der Waals surface area contributed by atoms with Crippen LogP contribution in [0.15, 0.2) is 67.1 Å². The van der Waals surface area contributed by atoms with E-state index in [1.807, 2.05) is 24.5 Å². The number of thiophene rings is 1. The van der Waals surface area contributed by atoms with Crippen LogP contribution in [0.3, 0.4) is 0 Å². The predicted molar refractivity (Wildman–Crippen MR) is 162 cm³/mol. The van der Waals surface area contributed by atoms with Gasteiger partial charge >= 0.3 is 0 Å². The van der Waals surface area contributed by atoms with Gasteiger partial charge in [-0.3, -0.25) is 14.9 Å². The number of aryl methyl sites for hydroxylation is 1. The maximum atomic E-state index is 12.7. The fourth-order valence-electron chi connectivity index (χ4n) is 5.88. The molecule has 0 saturated heterocycles. The van der Waals surface area contributed by atoms with Crippen LogP contribution in [0.1, 0.15) is 43.4 Å². The Balaban J connectivity index is 1.19. The van der Waals surface area contributed by atoms with Crippen molar-refractivity contribution in [1.82, 2.24) is 25.1 Å². The molecule has 1 aromatic carbocycles. The highest BCUT2D eigenvalue weighted by Crippen LogP contribution is 2.37. The number of hydrogen-bond acceptors (Lipinski definition) is 5. The minimum absolute atomic E-state index is 0.0721. The molecule has 6 aromatic rings. The minimum atomic E-state index is 0.0721. The van der Waals surface area contributed by atoms with Crippen LogP contribution in [0.4, 0.5) is 5.69 Å². The summed E-state index contributed by atoms with van der Waals surface area (Å²) in [6.07, 6.45) is 12.0. The second-order valence-corrected chi connectivity index (χ2v) is 12.1. The summed E-state index contributed by atoms with van der Waals surface area (Å²) in [5.41, 5.74) is 7.38. The number of carbonyl (C=O) groups excluding carboxylic acids is 1. The first kappa shape index (κ1) is 24.7. The number of anilines is 1. The zero-order valence-corrected chi connectivity index (χ0v) is 23.1. The van der Waals surface area contributed by atoms with Crippen molar-refractivity contribution in [3.8, 4) is 33.0 Å². The van der Waals surface area contributed by atoms with Crippen LogP contribution in [-0.2, 0) is 4.79 Å². The van der Waals surface area contributed by atoms with Gasteiger partial charge in [0.1, 0.15) is 11.3 Å². The summed E-state index contributed by atoms with van der Waals surface area (Å²) in [6, 6.07) is 16.7. The zero-order valence-electron chi connectivity index (χ0n) is 22.3. The molecule has 1 saturated carbocycles. The smallest absolute Gasteiger partial charge is 0.224 e. The SMILES string of the molecule is Cc1ccc(-c2ccnc3[nH]c(-c4n[nH]c5ccc(-c6cncc(NC(=O)CC7CCCCC7)c6)cc45)cc23)s1. The zero-order chi connectivity index (χ0) is 27.1. The van der Waals surface area contributed by atoms with E-state index in [4.69, 9.17) is 0 Å². The average molecular weight is 547 g/mol. The molecule has 3 N–H and O–H groups in total. The minimum Gasteiger partial charge on any atom is -0.338 e. The number of aromatic amines is 2. The van der Waals surface area contributed by atoms with Gasteiger partial charge in [-0.1, -0.05) is 25.3 Å². The van der Waals surface area contributed by atoms with Crippen molar-refractivity contribution in [3.63, 3.8) is 0 Å². The fourth-order valence-corrected chi connectivity index (χ4v) is 6.79. The maximum absolute atomic E-state index is 12.7. The molecular weight excluding hydrogens is 516 g/mol. The van der Waals surface area contributed by atoms with Crippen LogP contribution in [0.2, 0.25) is 0 Å². The molecule has 8 heteroatoms. The number of nitrogens with one attached hydrogen (secondary N) is 3. The number of H-pyrrole nitrogens is 2. The second-order valence-electron chi connectivity index (χ2n) is 10.8. The van der Waals surface area contributed by atoms with Gasteiger partial charge < -0.3 is 10.3 Å². The molecule has 0 unspecified atom stereocenters. The van der Waals surface area contributed by atoms with E-state index in [0.717, 1.165) is 63.0 Å². The number of fused-ring (bicyclic) bond motifs is 2. The first-order valence-corrected chi connectivity index (χ1v) is 14.7. The molecule has 0 atom stereocenters. The Morgan fingerprint density at radius 2 is 1.90 bits per heavy atom. The van der Waals surface area contributed by atoms with E-state index in [1.165, 1.54) is 34.6 Å². The molecule has 1 fully saturated rings. The number of carbonyl (C=O) groups is 1. The van der Waals surface area contributed by atoms with Crippen LogP contribution < -0.4 is 5.32 Å². The highest BCUT2D eigenvalue weighted by Gasteiger charge is 2.18. The van der Waals surface area contributed by atoms with Gasteiger partial charge in [0.25, 0.3) is 0 Å². The Hall–Kier alpha value is -4.30. The van der Waals surface area contributed by atoms with Crippen molar-refractivity contribution >= 4 is 44.9 Å². The molecule has 40 heavy (non-hydrogen) atoms. The van der Waals surface area contributed by atoms with E-state index < -0.39 is 0 Å². The van der Waals surface area contributed by atoms with E-state index in [9.17, 15) is 4.79 Å². The molecule has 1 aliphatic rings. The van der Waals surface area contributed by atoms with Gasteiger partial charge in [-0.15, -0.1) is 11.3 Å². The fraction of sp³-hybridized carbons (Fsp3) is 0.250. The van der Waals surface area contributed by atoms with Crippen molar-refractivity contribution in [2.24, 2.45) is 5.92 Å². The number of rotatable bonds is 6. The van der Waals surface area contributed by atoms with Crippen LogP contribution in [0, 0.1) is 12.8 Å². The molecular formula is C32H30N6OS. The van der Waals surface area contributed by atoms with Crippen LogP contribution in [0.25, 0.3) is 54.9 Å². The van der Waals surface area contributed by atoms with Crippen molar-refractivity contribution in [2.45, 2.75) is 45.4 Å². The molecule has 1 aliphatic carbocycles. The molecule has 0 radical (unpaired) electrons. The number of hydrogen-bond donors (Lipinski definition) is 3. The molecule has 200 valence electrons. The molecule has 7 nitrogen and oxygen atoms in total. The molecule has 0 aliphatic heterocycles. The van der Waals surface area contributed by atoms with Crippen LogP contribution >= 0.6 is 11.3 Å². The van der Waals surface area contributed by atoms with Crippen molar-refractivity contribution in [2.75, 3.05) is 5.32 Å². The van der Waals surface area contributed by atoms with Gasteiger partial charge in [0, 0.05) is 50.5 Å². The summed E-state index contributed by atoms with van der Waals surface area (Å²) in [5, 5.41) is 13.0. The van der Waals surface area contributed by atoms with Gasteiger partial charge in [-0.25, -0.2) is 4.98 Å². The molecule has 1 amide bonds. The third-order valence-corrected chi connectivity index (χ3v) is 8.94. The summed E-state index contributed by atoms with van der Waals surface area (Å²) in [6.45, 7) is 2.12. The van der Waals surface area contributed by atoms with Gasteiger partial charge in [-0.2, -0.15) is 5.10 Å². The summed E-state index contributed by atoms with van der Waals surface area (Å²) in [5.74, 6) is 0.570. The highest BCUT2D eigenvalue weighted by molar-refractivity contribution is 7.15. The van der Waals surface area contributed by atoms with Crippen LogP contribution in [-0.4, -0.2) is 31.1 Å². The normalized spacial score (nSPS) is 14.2. The lowest BCUT2D eigenvalue weighted by molar-refractivity contribution is -0.117. The van der Waals surface area contributed by atoms with E-state index in [1.54, 1.807) is 17.5 Å². The Bertz CT molecular complexity index is 1840. The number of nitrogens with zero attached hydrogens (tertiary/aromatic N) is 3. The monoisotopic (exact) mass is 546 g/mol. The number of aromatic nitrogens is 5. The summed E-state index contributed by atoms with van der Waals surface area (Å²) in [7, 11) is 0. The standard InChI is InChI=1S/C32H30N6OS/c1-19-7-10-29(40-19)24-11-12-34-32-25(24)16-28(36-32)31-26-15-21(8-9-27(26)37-38-31)22-14-23(18-33-17-22)35-30(39)13-20-5-3-2-4-6-20/h7-12,14-18,20H,2-6,13H2,1H3,(H,34,36)(H,35,39)(H,37,38). The molecule has 5 heterocycles. The lowest BCUT2D eigenvalue weighted by Crippen LogP contribution is -2.18. The van der Waals surface area contributed by atoms with Gasteiger partial charge in [0.2, 0.25) is 5.91 Å². The van der Waals surface area contributed by atoms with E-state index in [2.05, 4.69) is 73.8 Å². The number of amides is 1. The van der Waals surface area contributed by atoms with Gasteiger partial charge in [0.15, 0.2) is 0 Å². The highest BCUT2D eigenvalue weighted by atomic mass is 32.1. The summed E-state index contributed by atoms with van der Waals surface area (Å²) in [4.78, 5) is 27.7. The van der Waals surface area contributed by atoms with Crippen molar-refractivity contribution in [3.05, 3.63) is 72.0 Å². The maximum Gasteiger partial charge on any atom is 0.224 e. The first-order chi connectivity index (χ1) is 19.6. The second kappa shape index (κ2) is 10.4. The molecule has 5 aromatic heterocycles. The summed E-state index contributed by atoms with van der Waals surface area (Å²) < 4.78 is 0. The Morgan fingerprint density at radius 1 is 1.00 bits per heavy atom. The first-order valence-electron chi connectivity index (χ1n) is 13.9. The topological polar surface area (TPSA) is 99.3 Å². The number of benzene rings is 1. The van der Waals surface area contributed by atoms with Gasteiger partial charge in [-0.05, 0) is 73.7 Å².